The third-order valence-electron chi connectivity index (χ3n) is 6.31. The fraction of sp³-hybridized carbons (Fsp3) is 0.357. The molecular formula is C28H34N2O6. The van der Waals surface area contributed by atoms with Crippen molar-refractivity contribution < 1.29 is 28.9 Å². The Labute approximate surface area is 212 Å². The first-order valence-electron chi connectivity index (χ1n) is 12.0. The van der Waals surface area contributed by atoms with Crippen LogP contribution < -0.4 is 14.2 Å². The van der Waals surface area contributed by atoms with Crippen LogP contribution >= 0.6 is 0 Å². The monoisotopic (exact) mass is 494 g/mol. The highest BCUT2D eigenvalue weighted by molar-refractivity contribution is 6.46. The van der Waals surface area contributed by atoms with E-state index in [2.05, 4.69) is 11.5 Å². The minimum absolute atomic E-state index is 0.0338. The summed E-state index contributed by atoms with van der Waals surface area (Å²) >= 11 is 0. The fourth-order valence-electron chi connectivity index (χ4n) is 4.29. The Morgan fingerprint density at radius 2 is 1.72 bits per heavy atom. The van der Waals surface area contributed by atoms with Gasteiger partial charge >= 0.3 is 0 Å². The number of aliphatic hydroxyl groups is 1. The number of likely N-dealkylation sites (tertiary alicyclic amines) is 1. The van der Waals surface area contributed by atoms with Gasteiger partial charge in [0.05, 0.1) is 25.8 Å². The number of likely N-dealkylation sites (N-methyl/N-ethyl adjacent to an activating group) is 1. The minimum Gasteiger partial charge on any atom is -0.507 e. The van der Waals surface area contributed by atoms with Gasteiger partial charge in [-0.3, -0.25) is 9.59 Å². The number of benzene rings is 2. The number of carbonyl (C=O) groups excluding carboxylic acids is 2. The third-order valence-corrected chi connectivity index (χ3v) is 6.31. The summed E-state index contributed by atoms with van der Waals surface area (Å²) in [6.07, 6.45) is 1.64. The van der Waals surface area contributed by atoms with Gasteiger partial charge in [0.1, 0.15) is 18.1 Å². The molecule has 0 radical (unpaired) electrons. The van der Waals surface area contributed by atoms with Crippen LogP contribution in [-0.2, 0) is 9.59 Å². The fourth-order valence-corrected chi connectivity index (χ4v) is 4.29. The van der Waals surface area contributed by atoms with Gasteiger partial charge < -0.3 is 29.1 Å². The van der Waals surface area contributed by atoms with Gasteiger partial charge in [-0.1, -0.05) is 32.6 Å². The summed E-state index contributed by atoms with van der Waals surface area (Å²) in [5.41, 5.74) is 1.08. The van der Waals surface area contributed by atoms with Crippen LogP contribution in [0.1, 0.15) is 31.0 Å². The van der Waals surface area contributed by atoms with E-state index in [9.17, 15) is 14.7 Å². The van der Waals surface area contributed by atoms with Crippen LogP contribution in [0.4, 0.5) is 0 Å². The van der Waals surface area contributed by atoms with Crippen LogP contribution in [0.2, 0.25) is 0 Å². The van der Waals surface area contributed by atoms with E-state index in [1.165, 1.54) is 19.1 Å². The van der Waals surface area contributed by atoms with E-state index in [0.717, 1.165) is 13.1 Å². The molecule has 1 saturated heterocycles. The Morgan fingerprint density at radius 1 is 1.06 bits per heavy atom. The SMILES string of the molecule is C=CCOc1ccc(/C(O)=C2\C(=O)C(=O)N(CCN(CC)CC)C2c2ccc(OC)c(OC)c2)cc1. The first-order valence-corrected chi connectivity index (χ1v) is 12.0. The molecule has 1 aliphatic rings. The molecule has 192 valence electrons. The van der Waals surface area contributed by atoms with Crippen LogP contribution in [0, 0.1) is 0 Å². The number of nitrogens with zero attached hydrogens (tertiary/aromatic N) is 2. The van der Waals surface area contributed by atoms with Gasteiger partial charge in [-0.2, -0.15) is 0 Å². The van der Waals surface area contributed by atoms with Crippen molar-refractivity contribution in [1.29, 1.82) is 0 Å². The summed E-state index contributed by atoms with van der Waals surface area (Å²) in [6.45, 7) is 10.6. The van der Waals surface area contributed by atoms with Crippen molar-refractivity contribution in [3.8, 4) is 17.2 Å². The van der Waals surface area contributed by atoms with Crippen molar-refractivity contribution in [3.05, 3.63) is 71.8 Å². The van der Waals surface area contributed by atoms with Gasteiger partial charge in [0, 0.05) is 18.7 Å². The standard InChI is InChI=1S/C28H34N2O6/c1-6-17-36-21-12-9-19(10-13-21)26(31)24-25(20-11-14-22(34-4)23(18-20)35-5)30(28(33)27(24)32)16-15-29(7-2)8-3/h6,9-14,18,25,31H,1,7-8,15-17H2,2-5H3/b26-24+. The molecule has 8 heteroatoms. The summed E-state index contributed by atoms with van der Waals surface area (Å²) < 4.78 is 16.3. The summed E-state index contributed by atoms with van der Waals surface area (Å²) in [5, 5.41) is 11.3. The van der Waals surface area contributed by atoms with E-state index in [-0.39, 0.29) is 11.3 Å². The van der Waals surface area contributed by atoms with Crippen LogP contribution in [0.15, 0.2) is 60.7 Å². The number of Topliss-reactive ketones (excluding diaryl/α,β-unsaturated/α-hetero) is 1. The Kier molecular flexibility index (Phi) is 9.13. The van der Waals surface area contributed by atoms with Crippen LogP contribution in [0.5, 0.6) is 17.2 Å². The maximum absolute atomic E-state index is 13.3. The van der Waals surface area contributed by atoms with Crippen molar-refractivity contribution in [1.82, 2.24) is 9.80 Å². The van der Waals surface area contributed by atoms with Gasteiger partial charge in [-0.15, -0.1) is 0 Å². The first-order chi connectivity index (χ1) is 17.4. The average Bonchev–Trinajstić information content (AvgIpc) is 3.16. The molecule has 8 nitrogen and oxygen atoms in total. The highest BCUT2D eigenvalue weighted by atomic mass is 16.5. The zero-order chi connectivity index (χ0) is 26.2. The van der Waals surface area contributed by atoms with Crippen molar-refractivity contribution in [2.24, 2.45) is 0 Å². The van der Waals surface area contributed by atoms with Gasteiger partial charge in [-0.05, 0) is 55.1 Å². The molecule has 1 unspecified atom stereocenters. The normalized spacial score (nSPS) is 16.9. The zero-order valence-electron chi connectivity index (χ0n) is 21.3. The van der Waals surface area contributed by atoms with E-state index in [0.29, 0.717) is 48.1 Å². The minimum atomic E-state index is -0.780. The number of hydrogen-bond acceptors (Lipinski definition) is 7. The highest BCUT2D eigenvalue weighted by Gasteiger charge is 2.46. The lowest BCUT2D eigenvalue weighted by Crippen LogP contribution is -2.38. The van der Waals surface area contributed by atoms with Crippen molar-refractivity contribution in [2.75, 3.05) is 47.0 Å². The average molecular weight is 495 g/mol. The predicted octanol–water partition coefficient (Wildman–Crippen LogP) is 4.03. The molecule has 3 rings (SSSR count). The number of carbonyl (C=O) groups is 2. The van der Waals surface area contributed by atoms with Crippen LogP contribution in [0.25, 0.3) is 5.76 Å². The largest absolute Gasteiger partial charge is 0.507 e. The Morgan fingerprint density at radius 3 is 2.31 bits per heavy atom. The summed E-state index contributed by atoms with van der Waals surface area (Å²) in [4.78, 5) is 30.2. The summed E-state index contributed by atoms with van der Waals surface area (Å²) in [6, 6.07) is 11.2. The molecular weight excluding hydrogens is 460 g/mol. The summed E-state index contributed by atoms with van der Waals surface area (Å²) in [7, 11) is 3.06. The Bertz CT molecular complexity index is 1120. The number of ether oxygens (including phenoxy) is 3. The number of hydrogen-bond donors (Lipinski definition) is 1. The number of ketones is 1. The van der Waals surface area contributed by atoms with E-state index in [1.807, 2.05) is 13.8 Å². The van der Waals surface area contributed by atoms with Gasteiger partial charge in [0.15, 0.2) is 11.5 Å². The molecule has 0 bridgehead atoms. The number of rotatable bonds is 12. The predicted molar refractivity (Wildman–Crippen MR) is 138 cm³/mol. The van der Waals surface area contributed by atoms with Gasteiger partial charge in [-0.25, -0.2) is 0 Å². The molecule has 2 aromatic carbocycles. The smallest absolute Gasteiger partial charge is 0.295 e. The molecule has 0 spiro atoms. The van der Waals surface area contributed by atoms with Gasteiger partial charge in [0.25, 0.3) is 11.7 Å². The third kappa shape index (κ3) is 5.54. The molecule has 1 aliphatic heterocycles. The molecule has 2 aromatic rings. The molecule has 1 atom stereocenters. The quantitative estimate of drug-likeness (QED) is 0.206. The topological polar surface area (TPSA) is 88.5 Å². The lowest BCUT2D eigenvalue weighted by atomic mass is 9.95. The number of methoxy groups -OCH3 is 2. The van der Waals surface area contributed by atoms with Crippen molar-refractivity contribution in [2.45, 2.75) is 19.9 Å². The first kappa shape index (κ1) is 26.8. The molecule has 0 aromatic heterocycles. The van der Waals surface area contributed by atoms with Crippen molar-refractivity contribution >= 4 is 17.4 Å². The molecule has 36 heavy (non-hydrogen) atoms. The number of aliphatic hydroxyl groups excluding tert-OH is 1. The molecule has 0 saturated carbocycles. The molecule has 1 fully saturated rings. The second-order valence-electron chi connectivity index (χ2n) is 8.26. The summed E-state index contributed by atoms with van der Waals surface area (Å²) in [5.74, 6) is -0.0194. The second kappa shape index (κ2) is 12.3. The van der Waals surface area contributed by atoms with Crippen molar-refractivity contribution in [3.63, 3.8) is 0 Å². The maximum atomic E-state index is 13.3. The Balaban J connectivity index is 2.10. The molecule has 1 N–H and O–H groups in total. The second-order valence-corrected chi connectivity index (χ2v) is 8.26. The van der Waals surface area contributed by atoms with Crippen LogP contribution in [0.3, 0.4) is 0 Å². The zero-order valence-corrected chi connectivity index (χ0v) is 21.3. The van der Waals surface area contributed by atoms with E-state index in [1.54, 1.807) is 48.5 Å². The van der Waals surface area contributed by atoms with E-state index in [4.69, 9.17) is 14.2 Å². The van der Waals surface area contributed by atoms with E-state index >= 15 is 0 Å². The molecule has 1 heterocycles. The lowest BCUT2D eigenvalue weighted by Gasteiger charge is -2.28. The molecule has 1 amide bonds. The van der Waals surface area contributed by atoms with Gasteiger partial charge in [0.2, 0.25) is 0 Å². The van der Waals surface area contributed by atoms with E-state index < -0.39 is 17.7 Å². The number of amides is 1. The lowest BCUT2D eigenvalue weighted by molar-refractivity contribution is -0.140. The Hall–Kier alpha value is -3.78. The maximum Gasteiger partial charge on any atom is 0.295 e. The highest BCUT2D eigenvalue weighted by Crippen LogP contribution is 2.42. The van der Waals surface area contributed by atoms with Crippen LogP contribution in [-0.4, -0.2) is 73.6 Å². The molecule has 0 aliphatic carbocycles.